The Balaban J connectivity index is 2.31. The quantitative estimate of drug-likeness (QED) is 0.918. The molecule has 0 fully saturated rings. The molecule has 100 valence electrons. The zero-order valence-electron chi connectivity index (χ0n) is 11.2. The van der Waals surface area contributed by atoms with Crippen molar-refractivity contribution in [2.75, 3.05) is 11.9 Å². The highest BCUT2D eigenvalue weighted by Crippen LogP contribution is 2.27. The molecule has 0 aliphatic rings. The Kier molecular flexibility index (Phi) is 4.22. The van der Waals surface area contributed by atoms with E-state index in [0.29, 0.717) is 22.5 Å². The molecule has 0 saturated heterocycles. The Morgan fingerprint density at radius 2 is 1.84 bits per heavy atom. The second-order valence-electron chi connectivity index (χ2n) is 4.14. The van der Waals surface area contributed by atoms with Crippen LogP contribution in [0.3, 0.4) is 0 Å². The Bertz CT molecular complexity index is 570. The van der Waals surface area contributed by atoms with Crippen LogP contribution in [0.5, 0.6) is 11.6 Å². The van der Waals surface area contributed by atoms with Crippen LogP contribution in [0, 0.1) is 13.8 Å². The highest BCUT2D eigenvalue weighted by atomic mass is 35.5. The van der Waals surface area contributed by atoms with Crippen LogP contribution in [0.2, 0.25) is 5.02 Å². The van der Waals surface area contributed by atoms with Crippen LogP contribution in [-0.4, -0.2) is 16.5 Å². The van der Waals surface area contributed by atoms with Gasteiger partial charge < -0.3 is 10.1 Å². The number of aryl methyl sites for hydroxylation is 1. The summed E-state index contributed by atoms with van der Waals surface area (Å²) in [7, 11) is 0. The fourth-order valence-electron chi connectivity index (χ4n) is 1.66. The molecular formula is C14H16ClN3O. The van der Waals surface area contributed by atoms with E-state index < -0.39 is 0 Å². The number of halogens is 1. The van der Waals surface area contributed by atoms with E-state index in [4.69, 9.17) is 16.3 Å². The molecule has 0 spiro atoms. The fourth-order valence-corrected chi connectivity index (χ4v) is 1.78. The average molecular weight is 278 g/mol. The summed E-state index contributed by atoms with van der Waals surface area (Å²) in [5.74, 6) is 2.74. The van der Waals surface area contributed by atoms with Crippen LogP contribution in [0.4, 0.5) is 5.82 Å². The molecule has 0 amide bonds. The van der Waals surface area contributed by atoms with E-state index in [9.17, 15) is 0 Å². The molecule has 0 radical (unpaired) electrons. The smallest absolute Gasteiger partial charge is 0.227 e. The van der Waals surface area contributed by atoms with E-state index in [0.717, 1.165) is 17.9 Å². The van der Waals surface area contributed by atoms with Crippen molar-refractivity contribution in [2.24, 2.45) is 0 Å². The van der Waals surface area contributed by atoms with Crippen molar-refractivity contribution in [1.29, 1.82) is 0 Å². The third-order valence-corrected chi connectivity index (χ3v) is 2.84. The number of aromatic nitrogens is 2. The lowest BCUT2D eigenvalue weighted by atomic mass is 10.3. The fraction of sp³-hybridized carbons (Fsp3) is 0.286. The van der Waals surface area contributed by atoms with E-state index >= 15 is 0 Å². The van der Waals surface area contributed by atoms with E-state index in [1.165, 1.54) is 0 Å². The summed E-state index contributed by atoms with van der Waals surface area (Å²) in [6, 6.07) is 7.19. The third-order valence-electron chi connectivity index (χ3n) is 2.59. The molecule has 1 aromatic heterocycles. The zero-order chi connectivity index (χ0) is 13.8. The summed E-state index contributed by atoms with van der Waals surface area (Å²) in [6.07, 6.45) is 0. The van der Waals surface area contributed by atoms with Crippen molar-refractivity contribution in [3.63, 3.8) is 0 Å². The van der Waals surface area contributed by atoms with E-state index in [-0.39, 0.29) is 0 Å². The molecule has 2 rings (SSSR count). The minimum absolute atomic E-state index is 0.561. The minimum atomic E-state index is 0.561. The highest BCUT2D eigenvalue weighted by Gasteiger charge is 2.10. The van der Waals surface area contributed by atoms with Crippen molar-refractivity contribution >= 4 is 17.4 Å². The molecule has 19 heavy (non-hydrogen) atoms. The van der Waals surface area contributed by atoms with Gasteiger partial charge in [0.05, 0.1) is 5.56 Å². The van der Waals surface area contributed by atoms with E-state index in [1.54, 1.807) is 12.1 Å². The summed E-state index contributed by atoms with van der Waals surface area (Å²) >= 11 is 5.85. The molecule has 1 aromatic carbocycles. The number of nitrogens with one attached hydrogen (secondary N) is 1. The van der Waals surface area contributed by atoms with Gasteiger partial charge in [-0.3, -0.25) is 0 Å². The highest BCUT2D eigenvalue weighted by molar-refractivity contribution is 6.30. The van der Waals surface area contributed by atoms with Gasteiger partial charge in [0.25, 0.3) is 0 Å². The largest absolute Gasteiger partial charge is 0.439 e. The monoisotopic (exact) mass is 277 g/mol. The Morgan fingerprint density at radius 3 is 2.47 bits per heavy atom. The number of benzene rings is 1. The van der Waals surface area contributed by atoms with Crippen LogP contribution < -0.4 is 10.1 Å². The second kappa shape index (κ2) is 5.89. The van der Waals surface area contributed by atoms with Crippen molar-refractivity contribution in [3.05, 3.63) is 40.7 Å². The standard InChI is InChI=1S/C14H16ClN3O/c1-4-16-13-9(2)14(18-10(3)17-13)19-12-7-5-11(15)6-8-12/h5-8H,4H2,1-3H3,(H,16,17,18). The number of hydrogen-bond acceptors (Lipinski definition) is 4. The number of rotatable bonds is 4. The lowest BCUT2D eigenvalue weighted by Gasteiger charge is -2.12. The van der Waals surface area contributed by atoms with Gasteiger partial charge in [0.2, 0.25) is 5.88 Å². The lowest BCUT2D eigenvalue weighted by Crippen LogP contribution is -2.06. The summed E-state index contributed by atoms with van der Waals surface area (Å²) in [5, 5.41) is 3.88. The van der Waals surface area contributed by atoms with Gasteiger partial charge in [-0.05, 0) is 45.0 Å². The van der Waals surface area contributed by atoms with E-state index in [2.05, 4.69) is 15.3 Å². The van der Waals surface area contributed by atoms with Crippen molar-refractivity contribution < 1.29 is 4.74 Å². The molecule has 0 atom stereocenters. The van der Waals surface area contributed by atoms with Gasteiger partial charge in [0.1, 0.15) is 17.4 Å². The second-order valence-corrected chi connectivity index (χ2v) is 4.57. The molecule has 0 aliphatic carbocycles. The van der Waals surface area contributed by atoms with Crippen molar-refractivity contribution in [2.45, 2.75) is 20.8 Å². The minimum Gasteiger partial charge on any atom is -0.439 e. The first-order valence-electron chi connectivity index (χ1n) is 6.12. The summed E-state index contributed by atoms with van der Waals surface area (Å²) in [6.45, 7) is 6.60. The first-order valence-corrected chi connectivity index (χ1v) is 6.50. The molecule has 2 aromatic rings. The van der Waals surface area contributed by atoms with Crippen LogP contribution in [0.25, 0.3) is 0 Å². The third kappa shape index (κ3) is 3.35. The van der Waals surface area contributed by atoms with Crippen LogP contribution >= 0.6 is 11.6 Å². The molecule has 4 nitrogen and oxygen atoms in total. The molecule has 1 N–H and O–H groups in total. The number of nitrogens with zero attached hydrogens (tertiary/aromatic N) is 2. The van der Waals surface area contributed by atoms with Crippen LogP contribution in [0.15, 0.2) is 24.3 Å². The molecular weight excluding hydrogens is 262 g/mol. The summed E-state index contributed by atoms with van der Waals surface area (Å²) in [5.41, 5.74) is 0.891. The summed E-state index contributed by atoms with van der Waals surface area (Å²) in [4.78, 5) is 8.68. The van der Waals surface area contributed by atoms with Gasteiger partial charge in [0, 0.05) is 11.6 Å². The van der Waals surface area contributed by atoms with Gasteiger partial charge in [0.15, 0.2) is 0 Å². The SMILES string of the molecule is CCNc1nc(C)nc(Oc2ccc(Cl)cc2)c1C. The molecule has 1 heterocycles. The first-order chi connectivity index (χ1) is 9.10. The maximum absolute atomic E-state index is 5.85. The molecule has 0 saturated carbocycles. The Hall–Kier alpha value is -1.81. The van der Waals surface area contributed by atoms with Crippen molar-refractivity contribution in [1.82, 2.24) is 9.97 Å². The van der Waals surface area contributed by atoms with Gasteiger partial charge in [-0.15, -0.1) is 0 Å². The van der Waals surface area contributed by atoms with E-state index in [1.807, 2.05) is 32.9 Å². The summed E-state index contributed by atoms with van der Waals surface area (Å²) < 4.78 is 5.78. The number of hydrogen-bond donors (Lipinski definition) is 1. The molecule has 0 unspecified atom stereocenters. The zero-order valence-corrected chi connectivity index (χ0v) is 12.0. The predicted molar refractivity (Wildman–Crippen MR) is 77.2 cm³/mol. The van der Waals surface area contributed by atoms with Gasteiger partial charge in [-0.1, -0.05) is 11.6 Å². The van der Waals surface area contributed by atoms with Gasteiger partial charge >= 0.3 is 0 Å². The van der Waals surface area contributed by atoms with Crippen molar-refractivity contribution in [3.8, 4) is 11.6 Å². The van der Waals surface area contributed by atoms with Crippen LogP contribution in [-0.2, 0) is 0 Å². The molecule has 5 heteroatoms. The normalized spacial score (nSPS) is 10.3. The first kappa shape index (κ1) is 13.6. The molecule has 0 bridgehead atoms. The Labute approximate surface area is 117 Å². The maximum atomic E-state index is 5.85. The average Bonchev–Trinajstić information content (AvgIpc) is 2.38. The predicted octanol–water partition coefficient (Wildman–Crippen LogP) is 3.97. The van der Waals surface area contributed by atoms with Gasteiger partial charge in [-0.2, -0.15) is 4.98 Å². The number of anilines is 1. The Morgan fingerprint density at radius 1 is 1.16 bits per heavy atom. The van der Waals surface area contributed by atoms with Crippen LogP contribution in [0.1, 0.15) is 18.3 Å². The number of ether oxygens (including phenoxy) is 1. The maximum Gasteiger partial charge on any atom is 0.227 e. The lowest BCUT2D eigenvalue weighted by molar-refractivity contribution is 0.456. The topological polar surface area (TPSA) is 47.0 Å². The molecule has 0 aliphatic heterocycles. The van der Waals surface area contributed by atoms with Gasteiger partial charge in [-0.25, -0.2) is 4.98 Å².